The Kier molecular flexibility index (Phi) is 6.04. The van der Waals surface area contributed by atoms with Gasteiger partial charge >= 0.3 is 6.18 Å². The maximum absolute atomic E-state index is 12.9. The lowest BCUT2D eigenvalue weighted by Crippen LogP contribution is -2.38. The molecule has 0 bridgehead atoms. The van der Waals surface area contributed by atoms with Gasteiger partial charge in [-0.3, -0.25) is 9.59 Å². The normalized spacial score (nSPS) is 12.5. The molecule has 9 heteroatoms. The van der Waals surface area contributed by atoms with Crippen molar-refractivity contribution < 1.29 is 32.3 Å². The topological polar surface area (TPSA) is 91.6 Å². The number of aryl methyl sites for hydroxylation is 1. The van der Waals surface area contributed by atoms with Gasteiger partial charge in [-0.05, 0) is 24.6 Å². The minimum Gasteiger partial charge on any atom is -0.469 e. The summed E-state index contributed by atoms with van der Waals surface area (Å²) in [6, 6.07) is 6.02. The first-order valence-corrected chi connectivity index (χ1v) is 7.63. The first-order valence-electron chi connectivity index (χ1n) is 7.63. The van der Waals surface area contributed by atoms with E-state index in [9.17, 15) is 27.9 Å². The fraction of sp³-hybridized carbons (Fsp3) is 0.294. The second-order valence-electron chi connectivity index (χ2n) is 5.48. The number of carbonyl (C=O) groups is 2. The highest BCUT2D eigenvalue weighted by Gasteiger charge is 2.34. The quantitative estimate of drug-likeness (QED) is 0.727. The van der Waals surface area contributed by atoms with Crippen molar-refractivity contribution >= 4 is 11.8 Å². The van der Waals surface area contributed by atoms with Crippen LogP contribution in [0.25, 0.3) is 0 Å². The molecule has 0 saturated carbocycles. The molecule has 0 saturated heterocycles. The van der Waals surface area contributed by atoms with E-state index in [2.05, 4.69) is 10.6 Å². The van der Waals surface area contributed by atoms with Gasteiger partial charge in [0.15, 0.2) is 0 Å². The number of aliphatic hydroxyl groups excluding tert-OH is 1. The maximum atomic E-state index is 12.9. The summed E-state index contributed by atoms with van der Waals surface area (Å²) < 4.78 is 43.8. The molecular formula is C17H17F3N2O4. The molecule has 0 aliphatic heterocycles. The Hall–Kier alpha value is -2.81. The van der Waals surface area contributed by atoms with Gasteiger partial charge in [0.1, 0.15) is 5.76 Å². The average Bonchev–Trinajstić information content (AvgIpc) is 3.02. The Morgan fingerprint density at radius 2 is 1.88 bits per heavy atom. The number of nitrogens with one attached hydrogen (secondary N) is 2. The van der Waals surface area contributed by atoms with E-state index in [1.807, 2.05) is 0 Å². The SMILES string of the molecule is Cc1occc1C(=O)NCC(=O)NCC(O)c1ccccc1C(F)(F)F. The predicted octanol–water partition coefficient (Wildman–Crippen LogP) is 2.19. The highest BCUT2D eigenvalue weighted by atomic mass is 19.4. The molecular weight excluding hydrogens is 353 g/mol. The molecule has 3 N–H and O–H groups in total. The lowest BCUT2D eigenvalue weighted by molar-refractivity contribution is -0.139. The highest BCUT2D eigenvalue weighted by molar-refractivity contribution is 5.97. The Bertz CT molecular complexity index is 786. The second kappa shape index (κ2) is 8.05. The molecule has 0 spiro atoms. The Morgan fingerprint density at radius 3 is 2.50 bits per heavy atom. The van der Waals surface area contributed by atoms with Crippen LogP contribution in [0.5, 0.6) is 0 Å². The van der Waals surface area contributed by atoms with Crippen LogP contribution in [0.1, 0.15) is 33.3 Å². The van der Waals surface area contributed by atoms with E-state index in [0.29, 0.717) is 5.76 Å². The molecule has 26 heavy (non-hydrogen) atoms. The van der Waals surface area contributed by atoms with Crippen LogP contribution >= 0.6 is 0 Å². The smallest absolute Gasteiger partial charge is 0.416 e. The summed E-state index contributed by atoms with van der Waals surface area (Å²) in [5.74, 6) is -0.778. The number of furan rings is 1. The third-order valence-corrected chi connectivity index (χ3v) is 3.63. The van der Waals surface area contributed by atoms with E-state index in [1.165, 1.54) is 24.5 Å². The zero-order valence-electron chi connectivity index (χ0n) is 13.8. The molecule has 140 valence electrons. The van der Waals surface area contributed by atoms with E-state index in [4.69, 9.17) is 4.42 Å². The summed E-state index contributed by atoms with van der Waals surface area (Å²) >= 11 is 0. The monoisotopic (exact) mass is 370 g/mol. The number of alkyl halides is 3. The maximum Gasteiger partial charge on any atom is 0.416 e. The van der Waals surface area contributed by atoms with Crippen molar-refractivity contribution in [3.05, 3.63) is 59.0 Å². The van der Waals surface area contributed by atoms with Gasteiger partial charge in [0.05, 0.1) is 30.0 Å². The van der Waals surface area contributed by atoms with Gasteiger partial charge in [-0.25, -0.2) is 0 Å². The van der Waals surface area contributed by atoms with Crippen molar-refractivity contribution in [2.75, 3.05) is 13.1 Å². The van der Waals surface area contributed by atoms with E-state index < -0.39 is 42.7 Å². The third-order valence-electron chi connectivity index (χ3n) is 3.63. The second-order valence-corrected chi connectivity index (χ2v) is 5.48. The first kappa shape index (κ1) is 19.5. The molecule has 2 rings (SSSR count). The van der Waals surface area contributed by atoms with Crippen LogP contribution in [-0.2, 0) is 11.0 Å². The van der Waals surface area contributed by atoms with Crippen LogP contribution in [-0.4, -0.2) is 30.0 Å². The van der Waals surface area contributed by atoms with Crippen LogP contribution in [0.15, 0.2) is 41.0 Å². The van der Waals surface area contributed by atoms with Crippen LogP contribution in [0.2, 0.25) is 0 Å². The number of benzene rings is 1. The lowest BCUT2D eigenvalue weighted by Gasteiger charge is -2.18. The molecule has 2 amide bonds. The van der Waals surface area contributed by atoms with Crippen molar-refractivity contribution in [3.8, 4) is 0 Å². The third kappa shape index (κ3) is 4.85. The van der Waals surface area contributed by atoms with E-state index in [1.54, 1.807) is 6.92 Å². The number of carbonyl (C=O) groups excluding carboxylic acids is 2. The van der Waals surface area contributed by atoms with Gasteiger partial charge in [-0.1, -0.05) is 18.2 Å². The van der Waals surface area contributed by atoms with Gasteiger partial charge in [-0.15, -0.1) is 0 Å². The molecule has 2 aromatic rings. The molecule has 6 nitrogen and oxygen atoms in total. The molecule has 1 atom stereocenters. The number of hydrogen-bond donors (Lipinski definition) is 3. The van der Waals surface area contributed by atoms with Crippen molar-refractivity contribution in [2.45, 2.75) is 19.2 Å². The summed E-state index contributed by atoms with van der Waals surface area (Å²) in [7, 11) is 0. The van der Waals surface area contributed by atoms with Gasteiger partial charge < -0.3 is 20.2 Å². The Morgan fingerprint density at radius 1 is 1.19 bits per heavy atom. The fourth-order valence-corrected chi connectivity index (χ4v) is 2.31. The number of halogens is 3. The minimum atomic E-state index is -4.61. The molecule has 0 aliphatic rings. The van der Waals surface area contributed by atoms with Gasteiger partial charge in [0.25, 0.3) is 5.91 Å². The zero-order valence-corrected chi connectivity index (χ0v) is 13.8. The lowest BCUT2D eigenvalue weighted by atomic mass is 10.0. The van der Waals surface area contributed by atoms with Crippen molar-refractivity contribution in [1.29, 1.82) is 0 Å². The first-order chi connectivity index (χ1) is 12.2. The molecule has 0 fully saturated rings. The number of amides is 2. The van der Waals surface area contributed by atoms with Gasteiger partial charge in [-0.2, -0.15) is 13.2 Å². The van der Waals surface area contributed by atoms with Crippen LogP contribution in [0.4, 0.5) is 13.2 Å². The Labute approximate surface area is 147 Å². The van der Waals surface area contributed by atoms with Crippen LogP contribution < -0.4 is 10.6 Å². The number of hydrogen-bond acceptors (Lipinski definition) is 4. The predicted molar refractivity (Wildman–Crippen MR) is 85.2 cm³/mol. The Balaban J connectivity index is 1.88. The van der Waals surface area contributed by atoms with Gasteiger partial charge in [0, 0.05) is 6.54 Å². The highest BCUT2D eigenvalue weighted by Crippen LogP contribution is 2.34. The summed E-state index contributed by atoms with van der Waals surface area (Å²) in [5, 5.41) is 14.6. The summed E-state index contributed by atoms with van der Waals surface area (Å²) in [4.78, 5) is 23.6. The molecule has 1 unspecified atom stereocenters. The van der Waals surface area contributed by atoms with Crippen molar-refractivity contribution in [3.63, 3.8) is 0 Å². The molecule has 1 heterocycles. The summed E-state index contributed by atoms with van der Waals surface area (Å²) in [5.41, 5.74) is -1.03. The zero-order chi connectivity index (χ0) is 19.3. The molecule has 0 aliphatic carbocycles. The van der Waals surface area contributed by atoms with E-state index in [0.717, 1.165) is 12.1 Å². The standard InChI is InChI=1S/C17H17F3N2O4/c1-10-11(6-7-26-10)16(25)22-9-15(24)21-8-14(23)12-4-2-3-5-13(12)17(18,19)20/h2-7,14,23H,8-9H2,1H3,(H,21,24)(H,22,25). The largest absolute Gasteiger partial charge is 0.469 e. The summed E-state index contributed by atoms with van der Waals surface area (Å²) in [6.07, 6.45) is -4.82. The molecule has 1 aromatic carbocycles. The minimum absolute atomic E-state index is 0.275. The van der Waals surface area contributed by atoms with Crippen LogP contribution in [0.3, 0.4) is 0 Å². The van der Waals surface area contributed by atoms with Crippen LogP contribution in [0, 0.1) is 6.92 Å². The number of aliphatic hydroxyl groups is 1. The molecule has 1 aromatic heterocycles. The molecule has 0 radical (unpaired) electrons. The fourth-order valence-electron chi connectivity index (χ4n) is 2.31. The average molecular weight is 370 g/mol. The summed E-state index contributed by atoms with van der Waals surface area (Å²) in [6.45, 7) is 0.771. The van der Waals surface area contributed by atoms with Crippen molar-refractivity contribution in [1.82, 2.24) is 10.6 Å². The van der Waals surface area contributed by atoms with E-state index in [-0.39, 0.29) is 11.1 Å². The van der Waals surface area contributed by atoms with E-state index >= 15 is 0 Å². The van der Waals surface area contributed by atoms with Gasteiger partial charge in [0.2, 0.25) is 5.91 Å². The number of rotatable bonds is 6. The van der Waals surface area contributed by atoms with Crippen molar-refractivity contribution in [2.24, 2.45) is 0 Å².